The second-order valence-corrected chi connectivity index (χ2v) is 8.79. The third-order valence-electron chi connectivity index (χ3n) is 4.93. The summed E-state index contributed by atoms with van der Waals surface area (Å²) in [6.45, 7) is 15.4. The van der Waals surface area contributed by atoms with Crippen molar-refractivity contribution in [1.82, 2.24) is 14.7 Å². The zero-order valence-corrected chi connectivity index (χ0v) is 18.4. The molecule has 0 aromatic heterocycles. The number of hydrogen-bond donors (Lipinski definition) is 0. The van der Waals surface area contributed by atoms with Crippen LogP contribution >= 0.6 is 0 Å². The maximum atomic E-state index is 12.3. The molecule has 25 heavy (non-hydrogen) atoms. The van der Waals surface area contributed by atoms with Gasteiger partial charge in [0.1, 0.15) is 0 Å². The first kappa shape index (κ1) is 24.4. The fourth-order valence-electron chi connectivity index (χ4n) is 3.43. The van der Waals surface area contributed by atoms with Crippen LogP contribution in [0.3, 0.4) is 0 Å². The van der Waals surface area contributed by atoms with Gasteiger partial charge in [-0.25, -0.2) is 0 Å². The van der Waals surface area contributed by atoms with E-state index in [9.17, 15) is 4.79 Å². The number of nitrogens with zero attached hydrogens (tertiary/aromatic N) is 3. The number of ether oxygens (including phenoxy) is 1. The monoisotopic (exact) mass is 357 g/mol. The number of amides is 1. The van der Waals surface area contributed by atoms with E-state index in [0.717, 1.165) is 19.5 Å². The first-order chi connectivity index (χ1) is 11.4. The van der Waals surface area contributed by atoms with Gasteiger partial charge in [0.25, 0.3) is 0 Å². The van der Waals surface area contributed by atoms with Crippen molar-refractivity contribution in [2.24, 2.45) is 5.92 Å². The molecule has 0 bridgehead atoms. The number of hydrogen-bond acceptors (Lipinski definition) is 4. The Morgan fingerprint density at radius 3 is 2.04 bits per heavy atom. The van der Waals surface area contributed by atoms with Gasteiger partial charge in [0.2, 0.25) is 5.91 Å². The molecular formula is C20H43N3O2. The normalized spacial score (nSPS) is 15.1. The van der Waals surface area contributed by atoms with Crippen LogP contribution in [0.25, 0.3) is 0 Å². The SMILES string of the molecule is CC(CN(C)C(=O)CCOC(C)CN(C)C)CC(C)(C)N(C)C(C)C. The maximum Gasteiger partial charge on any atom is 0.224 e. The zero-order valence-electron chi connectivity index (χ0n) is 18.4. The van der Waals surface area contributed by atoms with E-state index in [-0.39, 0.29) is 17.6 Å². The van der Waals surface area contributed by atoms with Crippen LogP contribution in [0.15, 0.2) is 0 Å². The Morgan fingerprint density at radius 2 is 1.56 bits per heavy atom. The van der Waals surface area contributed by atoms with Gasteiger partial charge in [-0.3, -0.25) is 9.69 Å². The first-order valence-corrected chi connectivity index (χ1v) is 9.60. The standard InChI is InChI=1S/C20H43N3O2/c1-16(2)23(10)20(5,6)13-17(3)14-22(9)19(24)11-12-25-18(4)15-21(7)8/h16-18H,11-15H2,1-10H3. The fourth-order valence-corrected chi connectivity index (χ4v) is 3.43. The molecule has 0 aliphatic carbocycles. The minimum absolute atomic E-state index is 0.127. The molecule has 0 aliphatic rings. The van der Waals surface area contributed by atoms with Gasteiger partial charge < -0.3 is 14.5 Å². The predicted molar refractivity (Wildman–Crippen MR) is 107 cm³/mol. The van der Waals surface area contributed by atoms with Crippen molar-refractivity contribution in [3.05, 3.63) is 0 Å². The number of carbonyl (C=O) groups excluding carboxylic acids is 1. The Kier molecular flexibility index (Phi) is 10.9. The summed E-state index contributed by atoms with van der Waals surface area (Å²) in [5.41, 5.74) is 0.127. The molecule has 0 aliphatic heterocycles. The van der Waals surface area contributed by atoms with E-state index >= 15 is 0 Å². The van der Waals surface area contributed by atoms with Crippen molar-refractivity contribution < 1.29 is 9.53 Å². The molecular weight excluding hydrogens is 314 g/mol. The Morgan fingerprint density at radius 1 is 1.00 bits per heavy atom. The Bertz CT molecular complexity index is 383. The van der Waals surface area contributed by atoms with Crippen molar-refractivity contribution in [2.45, 2.75) is 72.1 Å². The van der Waals surface area contributed by atoms with Crippen LogP contribution < -0.4 is 0 Å². The average molecular weight is 358 g/mol. The summed E-state index contributed by atoms with van der Waals surface area (Å²) in [5.74, 6) is 0.623. The molecule has 2 atom stereocenters. The number of carbonyl (C=O) groups is 1. The molecule has 1 amide bonds. The highest BCUT2D eigenvalue weighted by Crippen LogP contribution is 2.24. The molecule has 0 radical (unpaired) electrons. The van der Waals surface area contributed by atoms with Gasteiger partial charge in [-0.05, 0) is 68.1 Å². The molecule has 0 spiro atoms. The minimum Gasteiger partial charge on any atom is -0.377 e. The van der Waals surface area contributed by atoms with E-state index in [4.69, 9.17) is 4.74 Å². The number of rotatable bonds is 12. The van der Waals surface area contributed by atoms with Crippen molar-refractivity contribution >= 4 is 5.91 Å². The largest absolute Gasteiger partial charge is 0.377 e. The van der Waals surface area contributed by atoms with Gasteiger partial charge in [-0.15, -0.1) is 0 Å². The number of likely N-dealkylation sites (N-methyl/N-ethyl adjacent to an activating group) is 1. The Hall–Kier alpha value is -0.650. The highest BCUT2D eigenvalue weighted by Gasteiger charge is 2.28. The molecule has 0 rings (SSSR count). The molecule has 2 unspecified atom stereocenters. The highest BCUT2D eigenvalue weighted by molar-refractivity contribution is 5.75. The molecule has 5 nitrogen and oxygen atoms in total. The quantitative estimate of drug-likeness (QED) is 0.538. The van der Waals surface area contributed by atoms with E-state index in [2.05, 4.69) is 51.5 Å². The molecule has 0 N–H and O–H groups in total. The molecule has 150 valence electrons. The van der Waals surface area contributed by atoms with E-state index in [0.29, 0.717) is 25.0 Å². The maximum absolute atomic E-state index is 12.3. The summed E-state index contributed by atoms with van der Waals surface area (Å²) in [4.78, 5) is 18.7. The van der Waals surface area contributed by atoms with Crippen LogP contribution in [0.4, 0.5) is 0 Å². The van der Waals surface area contributed by atoms with Crippen LogP contribution in [0.5, 0.6) is 0 Å². The van der Waals surface area contributed by atoms with Crippen LogP contribution in [0.2, 0.25) is 0 Å². The molecule has 0 aromatic carbocycles. The van der Waals surface area contributed by atoms with Gasteiger partial charge in [-0.2, -0.15) is 0 Å². The summed E-state index contributed by atoms with van der Waals surface area (Å²) < 4.78 is 5.72. The Labute approximate surface area is 156 Å². The summed E-state index contributed by atoms with van der Waals surface area (Å²) in [6.07, 6.45) is 1.67. The average Bonchev–Trinajstić information content (AvgIpc) is 2.44. The fraction of sp³-hybridized carbons (Fsp3) is 0.950. The highest BCUT2D eigenvalue weighted by atomic mass is 16.5. The third kappa shape index (κ3) is 10.2. The van der Waals surface area contributed by atoms with Gasteiger partial charge in [0.05, 0.1) is 19.1 Å². The molecule has 0 aromatic rings. The van der Waals surface area contributed by atoms with Crippen LogP contribution in [-0.2, 0) is 9.53 Å². The van der Waals surface area contributed by atoms with Gasteiger partial charge in [0, 0.05) is 31.7 Å². The zero-order chi connectivity index (χ0) is 19.8. The smallest absolute Gasteiger partial charge is 0.224 e. The van der Waals surface area contributed by atoms with Crippen molar-refractivity contribution in [2.75, 3.05) is 47.9 Å². The third-order valence-corrected chi connectivity index (χ3v) is 4.93. The Balaban J connectivity index is 4.25. The summed E-state index contributed by atoms with van der Waals surface area (Å²) in [7, 11) is 8.14. The lowest BCUT2D eigenvalue weighted by molar-refractivity contribution is -0.132. The lowest BCUT2D eigenvalue weighted by atomic mass is 9.89. The van der Waals surface area contributed by atoms with Crippen molar-refractivity contribution in [3.63, 3.8) is 0 Å². The van der Waals surface area contributed by atoms with Crippen LogP contribution in [-0.4, -0.2) is 86.2 Å². The molecule has 5 heteroatoms. The van der Waals surface area contributed by atoms with Gasteiger partial charge >= 0.3 is 0 Å². The second-order valence-electron chi connectivity index (χ2n) is 8.79. The second kappa shape index (κ2) is 11.1. The summed E-state index contributed by atoms with van der Waals surface area (Å²) >= 11 is 0. The lowest BCUT2D eigenvalue weighted by Gasteiger charge is -2.41. The minimum atomic E-state index is 0.127. The lowest BCUT2D eigenvalue weighted by Crippen LogP contribution is -2.47. The van der Waals surface area contributed by atoms with E-state index in [1.807, 2.05) is 33.0 Å². The molecule has 0 heterocycles. The van der Waals surface area contributed by atoms with Crippen LogP contribution in [0.1, 0.15) is 54.4 Å². The van der Waals surface area contributed by atoms with Crippen LogP contribution in [0, 0.1) is 5.92 Å². The van der Waals surface area contributed by atoms with Gasteiger partial charge in [0.15, 0.2) is 0 Å². The predicted octanol–water partition coefficient (Wildman–Crippen LogP) is 2.95. The van der Waals surface area contributed by atoms with E-state index in [1.165, 1.54) is 0 Å². The summed E-state index contributed by atoms with van der Waals surface area (Å²) in [6, 6.07) is 0.517. The first-order valence-electron chi connectivity index (χ1n) is 9.60. The molecule has 0 fully saturated rings. The summed E-state index contributed by atoms with van der Waals surface area (Å²) in [5, 5.41) is 0. The van der Waals surface area contributed by atoms with Crippen molar-refractivity contribution in [1.29, 1.82) is 0 Å². The van der Waals surface area contributed by atoms with E-state index < -0.39 is 0 Å². The molecule has 0 saturated heterocycles. The van der Waals surface area contributed by atoms with Crippen molar-refractivity contribution in [3.8, 4) is 0 Å². The van der Waals surface area contributed by atoms with E-state index in [1.54, 1.807) is 0 Å². The molecule has 0 saturated carbocycles. The van der Waals surface area contributed by atoms with Gasteiger partial charge in [-0.1, -0.05) is 6.92 Å². The topological polar surface area (TPSA) is 36.0 Å².